The van der Waals surface area contributed by atoms with E-state index in [0.717, 1.165) is 0 Å². The van der Waals surface area contributed by atoms with Crippen LogP contribution in [0.15, 0.2) is 12.3 Å². The molecule has 0 fully saturated rings. The summed E-state index contributed by atoms with van der Waals surface area (Å²) in [7, 11) is 0. The second-order valence-electron chi connectivity index (χ2n) is 2.79. The van der Waals surface area contributed by atoms with Gasteiger partial charge < -0.3 is 10.8 Å². The van der Waals surface area contributed by atoms with Crippen LogP contribution in [0.4, 0.5) is 5.69 Å². The van der Waals surface area contributed by atoms with Crippen molar-refractivity contribution in [3.8, 4) is 0 Å². The predicted molar refractivity (Wildman–Crippen MR) is 52.5 cm³/mol. The van der Waals surface area contributed by atoms with E-state index in [1.165, 1.54) is 6.20 Å². The van der Waals surface area contributed by atoms with Gasteiger partial charge in [-0.25, -0.2) is 4.79 Å². The van der Waals surface area contributed by atoms with Crippen molar-refractivity contribution in [3.63, 3.8) is 0 Å². The van der Waals surface area contributed by atoms with E-state index in [1.54, 1.807) is 6.07 Å². The van der Waals surface area contributed by atoms with Crippen LogP contribution in [0, 0.1) is 0 Å². The Morgan fingerprint density at radius 2 is 2.36 bits per heavy atom. The van der Waals surface area contributed by atoms with Crippen LogP contribution in [0.2, 0.25) is 5.02 Å². The fourth-order valence-electron chi connectivity index (χ4n) is 1.30. The summed E-state index contributed by atoms with van der Waals surface area (Å²) in [5.74, 6) is -1.13. The number of nitrogen functional groups attached to an aromatic ring is 1. The number of hydrogen-bond acceptors (Lipinski definition) is 3. The number of carboxylic acids is 1. The van der Waals surface area contributed by atoms with Crippen molar-refractivity contribution in [2.75, 3.05) is 5.73 Å². The molecule has 0 aliphatic heterocycles. The molecule has 6 heteroatoms. The molecular weight excluding hydrogens is 206 g/mol. The van der Waals surface area contributed by atoms with Crippen LogP contribution < -0.4 is 5.73 Å². The molecule has 0 aliphatic rings. The van der Waals surface area contributed by atoms with Crippen LogP contribution in [-0.4, -0.2) is 21.3 Å². The van der Waals surface area contributed by atoms with Crippen molar-refractivity contribution in [1.82, 2.24) is 10.2 Å². The molecule has 0 spiro atoms. The number of benzene rings is 1. The first-order valence-electron chi connectivity index (χ1n) is 3.75. The number of aromatic amines is 1. The SMILES string of the molecule is Nc1c(Cl)cc2cn[nH]c2c1C(=O)O. The van der Waals surface area contributed by atoms with Crippen LogP contribution >= 0.6 is 11.6 Å². The maximum absolute atomic E-state index is 10.9. The molecule has 5 nitrogen and oxygen atoms in total. The van der Waals surface area contributed by atoms with Gasteiger partial charge in [0.05, 0.1) is 22.4 Å². The van der Waals surface area contributed by atoms with Crippen molar-refractivity contribution in [2.45, 2.75) is 0 Å². The smallest absolute Gasteiger partial charge is 0.340 e. The van der Waals surface area contributed by atoms with Gasteiger partial charge in [-0.15, -0.1) is 0 Å². The number of nitrogens with two attached hydrogens (primary N) is 1. The van der Waals surface area contributed by atoms with Crippen molar-refractivity contribution < 1.29 is 9.90 Å². The molecule has 1 aromatic heterocycles. The van der Waals surface area contributed by atoms with E-state index in [0.29, 0.717) is 10.9 Å². The normalized spacial score (nSPS) is 10.6. The average molecular weight is 212 g/mol. The van der Waals surface area contributed by atoms with Gasteiger partial charge in [-0.3, -0.25) is 5.10 Å². The summed E-state index contributed by atoms with van der Waals surface area (Å²) in [5.41, 5.74) is 5.95. The van der Waals surface area contributed by atoms with Gasteiger partial charge in [-0.2, -0.15) is 5.10 Å². The largest absolute Gasteiger partial charge is 0.478 e. The third-order valence-corrected chi connectivity index (χ3v) is 2.25. The van der Waals surface area contributed by atoms with Crippen LogP contribution in [0.1, 0.15) is 10.4 Å². The molecule has 72 valence electrons. The fourth-order valence-corrected chi connectivity index (χ4v) is 1.51. The first-order valence-corrected chi connectivity index (χ1v) is 4.13. The quantitative estimate of drug-likeness (QED) is 0.624. The fraction of sp³-hybridized carbons (Fsp3) is 0. The number of halogens is 1. The summed E-state index contributed by atoms with van der Waals surface area (Å²) in [6, 6.07) is 1.57. The molecule has 1 heterocycles. The minimum atomic E-state index is -1.13. The lowest BCUT2D eigenvalue weighted by Crippen LogP contribution is -2.04. The van der Waals surface area contributed by atoms with E-state index in [2.05, 4.69) is 10.2 Å². The van der Waals surface area contributed by atoms with Gasteiger partial charge in [0, 0.05) is 5.39 Å². The summed E-state index contributed by atoms with van der Waals surface area (Å²) < 4.78 is 0. The number of nitrogens with one attached hydrogen (secondary N) is 1. The Hall–Kier alpha value is -1.75. The minimum absolute atomic E-state index is 0.0370. The molecule has 0 saturated carbocycles. The molecule has 2 aromatic rings. The first kappa shape index (κ1) is 8.83. The van der Waals surface area contributed by atoms with Crippen molar-refractivity contribution in [2.24, 2.45) is 0 Å². The highest BCUT2D eigenvalue weighted by atomic mass is 35.5. The number of H-pyrrole nitrogens is 1. The lowest BCUT2D eigenvalue weighted by Gasteiger charge is -2.03. The number of carbonyl (C=O) groups is 1. The van der Waals surface area contributed by atoms with E-state index in [1.807, 2.05) is 0 Å². The highest BCUT2D eigenvalue weighted by Gasteiger charge is 2.16. The topological polar surface area (TPSA) is 92.0 Å². The Bertz CT molecular complexity index is 521. The second-order valence-corrected chi connectivity index (χ2v) is 3.19. The zero-order chi connectivity index (χ0) is 10.3. The molecule has 2 rings (SSSR count). The van der Waals surface area contributed by atoms with E-state index >= 15 is 0 Å². The molecular formula is C8H6ClN3O2. The van der Waals surface area contributed by atoms with Crippen LogP contribution in [0.5, 0.6) is 0 Å². The maximum Gasteiger partial charge on any atom is 0.340 e. The van der Waals surface area contributed by atoms with Crippen LogP contribution in [-0.2, 0) is 0 Å². The zero-order valence-electron chi connectivity index (χ0n) is 6.91. The summed E-state index contributed by atoms with van der Waals surface area (Å²) in [4.78, 5) is 10.9. The summed E-state index contributed by atoms with van der Waals surface area (Å²) in [6.45, 7) is 0. The number of aromatic nitrogens is 2. The standard InChI is InChI=1S/C8H6ClN3O2/c9-4-1-3-2-11-12-7(3)5(6(4)10)8(13)14/h1-2H,10H2,(H,11,12)(H,13,14). The van der Waals surface area contributed by atoms with Gasteiger partial charge in [0.25, 0.3) is 0 Å². The molecule has 14 heavy (non-hydrogen) atoms. The van der Waals surface area contributed by atoms with Crippen molar-refractivity contribution in [1.29, 1.82) is 0 Å². The van der Waals surface area contributed by atoms with Crippen molar-refractivity contribution in [3.05, 3.63) is 22.8 Å². The molecule has 0 atom stereocenters. The van der Waals surface area contributed by atoms with Gasteiger partial charge in [-0.05, 0) is 6.07 Å². The molecule has 0 amide bonds. The molecule has 0 saturated heterocycles. The predicted octanol–water partition coefficient (Wildman–Crippen LogP) is 1.50. The van der Waals surface area contributed by atoms with E-state index in [-0.39, 0.29) is 16.3 Å². The molecule has 1 aromatic carbocycles. The molecule has 0 aliphatic carbocycles. The van der Waals surface area contributed by atoms with Crippen LogP contribution in [0.3, 0.4) is 0 Å². The maximum atomic E-state index is 10.9. The molecule has 0 unspecified atom stereocenters. The van der Waals surface area contributed by atoms with Crippen LogP contribution in [0.25, 0.3) is 10.9 Å². The third-order valence-electron chi connectivity index (χ3n) is 1.94. The minimum Gasteiger partial charge on any atom is -0.478 e. The number of fused-ring (bicyclic) bond motifs is 1. The number of rotatable bonds is 1. The molecule has 0 radical (unpaired) electrons. The Morgan fingerprint density at radius 1 is 1.64 bits per heavy atom. The number of nitrogens with zero attached hydrogens (tertiary/aromatic N) is 1. The first-order chi connectivity index (χ1) is 6.61. The number of aromatic carboxylic acids is 1. The third kappa shape index (κ3) is 1.10. The Morgan fingerprint density at radius 3 is 3.00 bits per heavy atom. The Balaban J connectivity index is 2.93. The zero-order valence-corrected chi connectivity index (χ0v) is 7.67. The lowest BCUT2D eigenvalue weighted by atomic mass is 10.1. The van der Waals surface area contributed by atoms with Gasteiger partial charge in [0.1, 0.15) is 5.56 Å². The summed E-state index contributed by atoms with van der Waals surface area (Å²) in [5, 5.41) is 16.1. The van der Waals surface area contributed by atoms with Gasteiger partial charge in [0.2, 0.25) is 0 Å². The number of anilines is 1. The highest BCUT2D eigenvalue weighted by Crippen LogP contribution is 2.29. The van der Waals surface area contributed by atoms with Gasteiger partial charge >= 0.3 is 5.97 Å². The van der Waals surface area contributed by atoms with Gasteiger partial charge in [-0.1, -0.05) is 11.6 Å². The van der Waals surface area contributed by atoms with Gasteiger partial charge in [0.15, 0.2) is 0 Å². The summed E-state index contributed by atoms with van der Waals surface area (Å²) in [6.07, 6.45) is 1.49. The monoisotopic (exact) mass is 211 g/mol. The molecule has 0 bridgehead atoms. The number of hydrogen-bond donors (Lipinski definition) is 3. The Kier molecular flexibility index (Phi) is 1.82. The Labute approximate surface area is 83.5 Å². The summed E-state index contributed by atoms with van der Waals surface area (Å²) >= 11 is 5.76. The number of carboxylic acid groups (broad SMARTS) is 1. The van der Waals surface area contributed by atoms with Crippen molar-refractivity contribution >= 4 is 34.2 Å². The molecule has 4 N–H and O–H groups in total. The lowest BCUT2D eigenvalue weighted by molar-refractivity contribution is 0.0700. The second kappa shape index (κ2) is 2.88. The highest BCUT2D eigenvalue weighted by molar-refractivity contribution is 6.35. The van der Waals surface area contributed by atoms with E-state index in [9.17, 15) is 4.79 Å². The van der Waals surface area contributed by atoms with E-state index < -0.39 is 5.97 Å². The average Bonchev–Trinajstić information content (AvgIpc) is 2.52. The van der Waals surface area contributed by atoms with E-state index in [4.69, 9.17) is 22.4 Å².